The summed E-state index contributed by atoms with van der Waals surface area (Å²) in [5, 5.41) is 7.87. The van der Waals surface area contributed by atoms with Crippen LogP contribution in [0.15, 0.2) is 40.0 Å². The van der Waals surface area contributed by atoms with Gasteiger partial charge in [0.05, 0.1) is 5.69 Å². The second-order valence-corrected chi connectivity index (χ2v) is 4.01. The maximum Gasteiger partial charge on any atom is 0.189 e. The molecule has 0 N–H and O–H groups in total. The zero-order valence-corrected chi connectivity index (χ0v) is 10.9. The zero-order chi connectivity index (χ0) is 13.0. The van der Waals surface area contributed by atoms with Crippen LogP contribution >= 0.6 is 11.6 Å². The second-order valence-electron chi connectivity index (χ2n) is 3.75. The molecule has 0 unspecified atom stereocenters. The quantitative estimate of drug-likeness (QED) is 0.484. The Morgan fingerprint density at radius 3 is 2.83 bits per heavy atom. The molecule has 0 saturated carbocycles. The number of halogens is 1. The van der Waals surface area contributed by atoms with Gasteiger partial charge in [0.25, 0.3) is 0 Å². The third-order valence-electron chi connectivity index (χ3n) is 2.46. The molecule has 0 aliphatic heterocycles. The zero-order valence-electron chi connectivity index (χ0n) is 10.2. The summed E-state index contributed by atoms with van der Waals surface area (Å²) < 4.78 is 5.23. The molecule has 0 spiro atoms. The molecule has 4 nitrogen and oxygen atoms in total. The van der Waals surface area contributed by atoms with E-state index in [0.717, 1.165) is 16.8 Å². The minimum atomic E-state index is 0.395. The van der Waals surface area contributed by atoms with Crippen molar-refractivity contribution in [3.8, 4) is 0 Å². The number of aryl methyl sites for hydroxylation is 1. The van der Waals surface area contributed by atoms with Crippen molar-refractivity contribution in [2.24, 2.45) is 5.16 Å². The number of benzene rings is 1. The number of nitrogens with zero attached hydrogens (tertiary/aromatic N) is 2. The van der Waals surface area contributed by atoms with E-state index in [0.29, 0.717) is 17.4 Å². The summed E-state index contributed by atoms with van der Waals surface area (Å²) in [6, 6.07) is 9.52. The fourth-order valence-corrected chi connectivity index (χ4v) is 1.89. The number of alkyl halides is 1. The largest absolute Gasteiger partial charge is 0.399 e. The SMILES string of the molecule is CON=C(c1cc(C)no1)c1ccccc1CCl. The van der Waals surface area contributed by atoms with Gasteiger partial charge in [-0.3, -0.25) is 0 Å². The molecule has 0 atom stereocenters. The first kappa shape index (κ1) is 12.6. The van der Waals surface area contributed by atoms with Crippen molar-refractivity contribution in [1.82, 2.24) is 5.16 Å². The number of rotatable bonds is 4. The van der Waals surface area contributed by atoms with Gasteiger partial charge in [0.15, 0.2) is 11.5 Å². The predicted octanol–water partition coefficient (Wildman–Crippen LogP) is 3.12. The Kier molecular flexibility index (Phi) is 3.99. The average Bonchev–Trinajstić information content (AvgIpc) is 2.82. The first-order chi connectivity index (χ1) is 8.76. The second kappa shape index (κ2) is 5.69. The van der Waals surface area contributed by atoms with Crippen LogP contribution in [0.1, 0.15) is 22.6 Å². The first-order valence-electron chi connectivity index (χ1n) is 5.45. The minimum Gasteiger partial charge on any atom is -0.399 e. The molecule has 1 aromatic heterocycles. The summed E-state index contributed by atoms with van der Waals surface area (Å²) in [6.45, 7) is 1.85. The molecule has 0 fully saturated rings. The molecular weight excluding hydrogens is 252 g/mol. The maximum atomic E-state index is 5.93. The van der Waals surface area contributed by atoms with Crippen LogP contribution in [0.3, 0.4) is 0 Å². The summed E-state index contributed by atoms with van der Waals surface area (Å²) in [6.07, 6.45) is 0. The summed E-state index contributed by atoms with van der Waals surface area (Å²) >= 11 is 5.93. The van der Waals surface area contributed by atoms with Crippen LogP contribution in [-0.2, 0) is 10.7 Å². The molecule has 5 heteroatoms. The van der Waals surface area contributed by atoms with Gasteiger partial charge >= 0.3 is 0 Å². The minimum absolute atomic E-state index is 0.395. The Bertz CT molecular complexity index is 564. The number of aromatic nitrogens is 1. The van der Waals surface area contributed by atoms with E-state index in [2.05, 4.69) is 10.3 Å². The molecule has 0 aliphatic carbocycles. The Morgan fingerprint density at radius 2 is 2.22 bits per heavy atom. The number of hydrogen-bond donors (Lipinski definition) is 0. The van der Waals surface area contributed by atoms with Crippen molar-refractivity contribution in [2.45, 2.75) is 12.8 Å². The molecule has 0 radical (unpaired) electrons. The van der Waals surface area contributed by atoms with Gasteiger partial charge in [-0.05, 0) is 12.5 Å². The fraction of sp³-hybridized carbons (Fsp3) is 0.231. The van der Waals surface area contributed by atoms with Crippen LogP contribution < -0.4 is 0 Å². The predicted molar refractivity (Wildman–Crippen MR) is 69.9 cm³/mol. The Morgan fingerprint density at radius 1 is 1.44 bits per heavy atom. The molecule has 0 saturated heterocycles. The first-order valence-corrected chi connectivity index (χ1v) is 5.98. The third-order valence-corrected chi connectivity index (χ3v) is 2.75. The smallest absolute Gasteiger partial charge is 0.189 e. The highest BCUT2D eigenvalue weighted by atomic mass is 35.5. The average molecular weight is 265 g/mol. The van der Waals surface area contributed by atoms with E-state index in [-0.39, 0.29) is 0 Å². The molecule has 1 aromatic carbocycles. The van der Waals surface area contributed by atoms with E-state index in [4.69, 9.17) is 21.0 Å². The van der Waals surface area contributed by atoms with Gasteiger partial charge < -0.3 is 9.36 Å². The Hall–Kier alpha value is -1.81. The highest BCUT2D eigenvalue weighted by molar-refractivity contribution is 6.19. The van der Waals surface area contributed by atoms with Gasteiger partial charge in [0.2, 0.25) is 0 Å². The van der Waals surface area contributed by atoms with E-state index < -0.39 is 0 Å². The Labute approximate surface area is 110 Å². The van der Waals surface area contributed by atoms with Crippen molar-refractivity contribution in [3.05, 3.63) is 52.9 Å². The van der Waals surface area contributed by atoms with Crippen molar-refractivity contribution in [2.75, 3.05) is 7.11 Å². The van der Waals surface area contributed by atoms with Crippen molar-refractivity contribution in [3.63, 3.8) is 0 Å². The topological polar surface area (TPSA) is 47.6 Å². The van der Waals surface area contributed by atoms with Crippen LogP contribution in [0.5, 0.6) is 0 Å². The van der Waals surface area contributed by atoms with Crippen molar-refractivity contribution in [1.29, 1.82) is 0 Å². The molecule has 2 rings (SSSR count). The van der Waals surface area contributed by atoms with Crippen LogP contribution in [0.25, 0.3) is 0 Å². The monoisotopic (exact) mass is 264 g/mol. The van der Waals surface area contributed by atoms with Gasteiger partial charge in [-0.1, -0.05) is 34.6 Å². The van der Waals surface area contributed by atoms with Crippen LogP contribution in [-0.4, -0.2) is 18.0 Å². The molecule has 18 heavy (non-hydrogen) atoms. The normalized spacial score (nSPS) is 11.6. The lowest BCUT2D eigenvalue weighted by molar-refractivity contribution is 0.213. The van der Waals surface area contributed by atoms with Crippen LogP contribution in [0.4, 0.5) is 0 Å². The summed E-state index contributed by atoms with van der Waals surface area (Å²) in [7, 11) is 1.49. The van der Waals surface area contributed by atoms with Crippen LogP contribution in [0, 0.1) is 6.92 Å². The lowest BCUT2D eigenvalue weighted by atomic mass is 10.0. The van der Waals surface area contributed by atoms with E-state index in [1.165, 1.54) is 7.11 Å². The van der Waals surface area contributed by atoms with E-state index >= 15 is 0 Å². The summed E-state index contributed by atoms with van der Waals surface area (Å²) in [5.41, 5.74) is 3.22. The number of oxime groups is 1. The highest BCUT2D eigenvalue weighted by Crippen LogP contribution is 2.18. The molecule has 1 heterocycles. The standard InChI is InChI=1S/C13H13ClN2O2/c1-9-7-12(18-15-9)13(16-17-2)11-6-4-3-5-10(11)8-14/h3-7H,8H2,1-2H3. The van der Waals surface area contributed by atoms with Gasteiger partial charge in [-0.25, -0.2) is 0 Å². The van der Waals surface area contributed by atoms with Gasteiger partial charge in [-0.15, -0.1) is 11.6 Å². The summed E-state index contributed by atoms with van der Waals surface area (Å²) in [5.74, 6) is 0.957. The molecule has 2 aromatic rings. The lowest BCUT2D eigenvalue weighted by Crippen LogP contribution is -2.06. The fourth-order valence-electron chi connectivity index (χ4n) is 1.66. The van der Waals surface area contributed by atoms with Gasteiger partial charge in [0.1, 0.15) is 7.11 Å². The molecule has 0 bridgehead atoms. The van der Waals surface area contributed by atoms with E-state index in [1.54, 1.807) is 0 Å². The Balaban J connectivity index is 2.52. The summed E-state index contributed by atoms with van der Waals surface area (Å²) in [4.78, 5) is 4.88. The van der Waals surface area contributed by atoms with E-state index in [9.17, 15) is 0 Å². The van der Waals surface area contributed by atoms with Gasteiger partial charge in [-0.2, -0.15) is 0 Å². The maximum absolute atomic E-state index is 5.93. The number of hydrogen-bond acceptors (Lipinski definition) is 4. The molecular formula is C13H13ClN2O2. The van der Waals surface area contributed by atoms with Gasteiger partial charge in [0, 0.05) is 17.5 Å². The highest BCUT2D eigenvalue weighted by Gasteiger charge is 2.16. The molecule has 0 aliphatic rings. The molecule has 94 valence electrons. The molecule has 0 amide bonds. The van der Waals surface area contributed by atoms with Crippen molar-refractivity contribution < 1.29 is 9.36 Å². The van der Waals surface area contributed by atoms with Crippen LogP contribution in [0.2, 0.25) is 0 Å². The third kappa shape index (κ3) is 2.54. The lowest BCUT2D eigenvalue weighted by Gasteiger charge is -2.06. The van der Waals surface area contributed by atoms with Crippen molar-refractivity contribution >= 4 is 17.3 Å². The van der Waals surface area contributed by atoms with E-state index in [1.807, 2.05) is 37.3 Å².